The maximum absolute atomic E-state index is 4.59. The molecule has 0 unspecified atom stereocenters. The van der Waals surface area contributed by atoms with Gasteiger partial charge in [-0.05, 0) is 18.4 Å². The highest BCUT2D eigenvalue weighted by molar-refractivity contribution is 5.91. The van der Waals surface area contributed by atoms with Crippen molar-refractivity contribution in [3.63, 3.8) is 0 Å². The number of benzene rings is 4. The molecule has 0 aliphatic rings. The number of fused-ring (bicyclic) bond motifs is 1. The molecule has 1 heterocycles. The van der Waals surface area contributed by atoms with E-state index in [9.17, 15) is 0 Å². The molecule has 4 aromatic carbocycles. The Morgan fingerprint density at radius 1 is 0.571 bits per heavy atom. The summed E-state index contributed by atoms with van der Waals surface area (Å²) in [6, 6.07) is 33.4. The van der Waals surface area contributed by atoms with E-state index in [0.717, 1.165) is 28.5 Å². The smallest absolute Gasteiger partial charge is 0.168 e. The summed E-state index contributed by atoms with van der Waals surface area (Å²) in [6.07, 6.45) is 0. The van der Waals surface area contributed by atoms with Crippen molar-refractivity contribution in [2.24, 2.45) is 0 Å². The van der Waals surface area contributed by atoms with Crippen molar-refractivity contribution in [3.8, 4) is 28.5 Å². The van der Waals surface area contributed by atoms with Crippen LogP contribution in [0.1, 0.15) is 5.56 Å². The van der Waals surface area contributed by atoms with Crippen LogP contribution in [0.15, 0.2) is 97.1 Å². The monoisotopic (exact) mass is 361 g/mol. The molecule has 0 spiro atoms. The van der Waals surface area contributed by atoms with Crippen molar-refractivity contribution < 1.29 is 0 Å². The van der Waals surface area contributed by atoms with Crippen LogP contribution < -0.4 is 0 Å². The molecule has 3 nitrogen and oxygen atoms in total. The molecule has 134 valence electrons. The lowest BCUT2D eigenvalue weighted by atomic mass is 10.1. The Morgan fingerprint density at radius 3 is 1.93 bits per heavy atom. The van der Waals surface area contributed by atoms with Crippen LogP contribution in [0.5, 0.6) is 0 Å². The van der Waals surface area contributed by atoms with Gasteiger partial charge in [0.25, 0.3) is 0 Å². The van der Waals surface area contributed by atoms with E-state index in [1.54, 1.807) is 0 Å². The van der Waals surface area contributed by atoms with Gasteiger partial charge in [-0.3, -0.25) is 4.57 Å². The molecule has 0 aliphatic heterocycles. The van der Waals surface area contributed by atoms with Gasteiger partial charge in [-0.15, -0.1) is 10.2 Å². The number of hydrogen-bond acceptors (Lipinski definition) is 2. The average Bonchev–Trinajstić information content (AvgIpc) is 3.19. The first-order chi connectivity index (χ1) is 13.8. The molecule has 1 aromatic heterocycles. The van der Waals surface area contributed by atoms with Gasteiger partial charge in [0.2, 0.25) is 0 Å². The van der Waals surface area contributed by atoms with Gasteiger partial charge in [-0.25, -0.2) is 0 Å². The summed E-state index contributed by atoms with van der Waals surface area (Å²) in [7, 11) is 0. The maximum Gasteiger partial charge on any atom is 0.168 e. The Labute approximate surface area is 163 Å². The lowest BCUT2D eigenvalue weighted by Gasteiger charge is -2.14. The van der Waals surface area contributed by atoms with E-state index in [4.69, 9.17) is 0 Å². The Balaban J connectivity index is 1.83. The second kappa shape index (κ2) is 6.78. The van der Waals surface area contributed by atoms with E-state index in [0.29, 0.717) is 0 Å². The quantitative estimate of drug-likeness (QED) is 0.391. The van der Waals surface area contributed by atoms with E-state index in [2.05, 4.69) is 101 Å². The molecule has 0 atom stereocenters. The Hall–Kier alpha value is -3.72. The van der Waals surface area contributed by atoms with Crippen LogP contribution in [-0.2, 0) is 0 Å². The van der Waals surface area contributed by atoms with E-state index in [1.807, 2.05) is 18.2 Å². The predicted octanol–water partition coefficient (Wildman–Crippen LogP) is 6.06. The largest absolute Gasteiger partial charge is 0.274 e. The topological polar surface area (TPSA) is 30.7 Å². The van der Waals surface area contributed by atoms with Crippen LogP contribution in [-0.4, -0.2) is 14.8 Å². The van der Waals surface area contributed by atoms with Crippen molar-refractivity contribution in [2.45, 2.75) is 6.92 Å². The van der Waals surface area contributed by atoms with Crippen LogP contribution in [0.4, 0.5) is 0 Å². The number of rotatable bonds is 3. The molecule has 0 bridgehead atoms. The number of nitrogens with zero attached hydrogens (tertiary/aromatic N) is 3. The third-order valence-corrected chi connectivity index (χ3v) is 5.01. The van der Waals surface area contributed by atoms with Crippen molar-refractivity contribution in [1.29, 1.82) is 0 Å². The normalized spacial score (nSPS) is 11.0. The van der Waals surface area contributed by atoms with Gasteiger partial charge < -0.3 is 0 Å². The molecule has 0 radical (unpaired) electrons. The maximum atomic E-state index is 4.59. The molecule has 0 amide bonds. The molecule has 0 N–H and O–H groups in total. The van der Waals surface area contributed by atoms with Crippen LogP contribution >= 0.6 is 0 Å². The first-order valence-corrected chi connectivity index (χ1v) is 9.37. The molecule has 5 aromatic rings. The molecule has 0 saturated carbocycles. The van der Waals surface area contributed by atoms with Gasteiger partial charge in [0.05, 0.1) is 5.69 Å². The number of aryl methyl sites for hydroxylation is 1. The van der Waals surface area contributed by atoms with Gasteiger partial charge >= 0.3 is 0 Å². The van der Waals surface area contributed by atoms with Crippen LogP contribution in [0.25, 0.3) is 39.2 Å². The summed E-state index contributed by atoms with van der Waals surface area (Å²) >= 11 is 0. The zero-order chi connectivity index (χ0) is 18.9. The SMILES string of the molecule is Cc1ccc(-c2nnc(-c3ccccc3)n2-c2cccc3ccccc23)cc1. The molecular formula is C25H19N3. The minimum absolute atomic E-state index is 0.840. The van der Waals surface area contributed by atoms with Crippen LogP contribution in [0, 0.1) is 6.92 Å². The molecule has 3 heteroatoms. The summed E-state index contributed by atoms with van der Waals surface area (Å²) < 4.78 is 2.17. The van der Waals surface area contributed by atoms with Crippen molar-refractivity contribution >= 4 is 10.8 Å². The highest BCUT2D eigenvalue weighted by atomic mass is 15.3. The number of aromatic nitrogens is 3. The molecular weight excluding hydrogens is 342 g/mol. The van der Waals surface area contributed by atoms with Crippen LogP contribution in [0.3, 0.4) is 0 Å². The fourth-order valence-electron chi connectivity index (χ4n) is 3.58. The summed E-state index contributed by atoms with van der Waals surface area (Å²) in [5, 5.41) is 11.5. The Morgan fingerprint density at radius 2 is 1.18 bits per heavy atom. The van der Waals surface area contributed by atoms with Gasteiger partial charge in [-0.2, -0.15) is 0 Å². The molecule has 0 fully saturated rings. The fourth-order valence-corrected chi connectivity index (χ4v) is 3.58. The van der Waals surface area contributed by atoms with E-state index in [1.165, 1.54) is 16.3 Å². The van der Waals surface area contributed by atoms with Crippen molar-refractivity contribution in [2.75, 3.05) is 0 Å². The first kappa shape index (κ1) is 16.5. The standard InChI is InChI=1S/C25H19N3/c1-18-14-16-21(17-15-18)25-27-26-24(20-9-3-2-4-10-20)28(25)23-13-7-11-19-8-5-6-12-22(19)23/h2-17H,1H3. The first-order valence-electron chi connectivity index (χ1n) is 9.37. The molecule has 5 rings (SSSR count). The van der Waals surface area contributed by atoms with Crippen molar-refractivity contribution in [1.82, 2.24) is 14.8 Å². The third-order valence-electron chi connectivity index (χ3n) is 5.01. The van der Waals surface area contributed by atoms with Gasteiger partial charge in [0, 0.05) is 16.5 Å². The van der Waals surface area contributed by atoms with Crippen molar-refractivity contribution in [3.05, 3.63) is 103 Å². The van der Waals surface area contributed by atoms with E-state index < -0.39 is 0 Å². The average molecular weight is 361 g/mol. The second-order valence-corrected chi connectivity index (χ2v) is 6.91. The highest BCUT2D eigenvalue weighted by Gasteiger charge is 2.18. The highest BCUT2D eigenvalue weighted by Crippen LogP contribution is 2.32. The number of hydrogen-bond donors (Lipinski definition) is 0. The second-order valence-electron chi connectivity index (χ2n) is 6.91. The predicted molar refractivity (Wildman–Crippen MR) is 114 cm³/mol. The Kier molecular flexibility index (Phi) is 3.99. The minimum Gasteiger partial charge on any atom is -0.274 e. The van der Waals surface area contributed by atoms with E-state index >= 15 is 0 Å². The lowest BCUT2D eigenvalue weighted by Crippen LogP contribution is -2.01. The van der Waals surface area contributed by atoms with Gasteiger partial charge in [0.15, 0.2) is 11.6 Å². The fraction of sp³-hybridized carbons (Fsp3) is 0.0400. The summed E-state index contributed by atoms with van der Waals surface area (Å²) in [4.78, 5) is 0. The van der Waals surface area contributed by atoms with E-state index in [-0.39, 0.29) is 0 Å². The van der Waals surface area contributed by atoms with Gasteiger partial charge in [-0.1, -0.05) is 96.6 Å². The Bertz CT molecular complexity index is 1250. The summed E-state index contributed by atoms with van der Waals surface area (Å²) in [6.45, 7) is 2.09. The zero-order valence-corrected chi connectivity index (χ0v) is 15.6. The summed E-state index contributed by atoms with van der Waals surface area (Å²) in [5.74, 6) is 1.68. The molecule has 0 aliphatic carbocycles. The molecule has 28 heavy (non-hydrogen) atoms. The third kappa shape index (κ3) is 2.78. The minimum atomic E-state index is 0.840. The summed E-state index contributed by atoms with van der Waals surface area (Å²) in [5.41, 5.74) is 4.40. The lowest BCUT2D eigenvalue weighted by molar-refractivity contribution is 1.08. The van der Waals surface area contributed by atoms with Gasteiger partial charge in [0.1, 0.15) is 0 Å². The van der Waals surface area contributed by atoms with Crippen LogP contribution in [0.2, 0.25) is 0 Å². The molecule has 0 saturated heterocycles. The zero-order valence-electron chi connectivity index (χ0n) is 15.6.